The highest BCUT2D eigenvalue weighted by Crippen LogP contribution is 2.31. The second-order valence-corrected chi connectivity index (χ2v) is 7.76. The van der Waals surface area contributed by atoms with Gasteiger partial charge in [-0.15, -0.1) is 11.3 Å². The monoisotopic (exact) mass is 453 g/mol. The fourth-order valence-electron chi connectivity index (χ4n) is 3.63. The molecule has 3 aromatic rings. The van der Waals surface area contributed by atoms with Crippen molar-refractivity contribution in [2.45, 2.75) is 13.0 Å². The first-order valence-electron chi connectivity index (χ1n) is 8.73. The van der Waals surface area contributed by atoms with E-state index in [2.05, 4.69) is 0 Å². The lowest BCUT2D eigenvalue weighted by Gasteiger charge is -2.38. The van der Waals surface area contributed by atoms with Crippen LogP contribution in [-0.4, -0.2) is 54.3 Å². The van der Waals surface area contributed by atoms with Gasteiger partial charge in [0.1, 0.15) is 31.4 Å². The number of quaternary nitrogens is 1. The van der Waals surface area contributed by atoms with Crippen molar-refractivity contribution >= 4 is 37.2 Å². The Bertz CT molecular complexity index is 967. The summed E-state index contributed by atoms with van der Waals surface area (Å²) < 4.78 is 2.09. The lowest BCUT2D eigenvalue weighted by Crippen LogP contribution is -3.00. The van der Waals surface area contributed by atoms with Crippen molar-refractivity contribution in [3.63, 3.8) is 0 Å². The van der Waals surface area contributed by atoms with Crippen molar-refractivity contribution in [1.82, 2.24) is 4.48 Å². The highest BCUT2D eigenvalue weighted by atomic mass is 79.9. The summed E-state index contributed by atoms with van der Waals surface area (Å²) in [5.41, 5.74) is 0.806. The van der Waals surface area contributed by atoms with Gasteiger partial charge in [0.25, 0.3) is 0 Å². The molecule has 2 aromatic carbocycles. The lowest BCUT2D eigenvalue weighted by atomic mass is 10.1. The van der Waals surface area contributed by atoms with Crippen molar-refractivity contribution in [3.8, 4) is 0 Å². The lowest BCUT2D eigenvalue weighted by molar-refractivity contribution is -0.0000126. The van der Waals surface area contributed by atoms with Crippen molar-refractivity contribution in [3.05, 3.63) is 52.7 Å². The van der Waals surface area contributed by atoms with Crippen LogP contribution >= 0.6 is 11.3 Å². The Hall–Kier alpha value is -1.35. The van der Waals surface area contributed by atoms with Crippen LogP contribution in [0.3, 0.4) is 0 Å². The number of aliphatic hydroxyl groups excluding tert-OH is 3. The third-order valence-electron chi connectivity index (χ3n) is 4.78. The normalized spacial score (nSPS) is 12.9. The first-order valence-corrected chi connectivity index (χ1v) is 9.54. The van der Waals surface area contributed by atoms with Crippen LogP contribution in [0.25, 0.3) is 20.2 Å². The molecule has 3 rings (SSSR count). The van der Waals surface area contributed by atoms with Gasteiger partial charge in [-0.2, -0.15) is 0 Å². The predicted molar refractivity (Wildman–Crippen MR) is 108 cm³/mol. The molecule has 1 atom stereocenters. The van der Waals surface area contributed by atoms with Crippen molar-refractivity contribution in [2.75, 3.05) is 32.8 Å². The van der Waals surface area contributed by atoms with Gasteiger partial charge >= 0.3 is 0 Å². The molecule has 0 aliphatic carbocycles. The molecule has 146 valence electrons. The van der Waals surface area contributed by atoms with Gasteiger partial charge in [-0.25, -0.2) is 0 Å². The third-order valence-corrected chi connectivity index (χ3v) is 5.93. The Morgan fingerprint density at radius 3 is 2.26 bits per heavy atom. The zero-order chi connectivity index (χ0) is 18.7. The van der Waals surface area contributed by atoms with Gasteiger partial charge in [-0.3, -0.25) is 9.28 Å². The molecule has 0 radical (unpaired) electrons. The smallest absolute Gasteiger partial charge is 0.196 e. The minimum absolute atomic E-state index is 0. The Balaban J connectivity index is 0.00000261. The minimum atomic E-state index is -0.602. The first-order chi connectivity index (χ1) is 12.5. The molecule has 1 heterocycles. The van der Waals surface area contributed by atoms with Crippen LogP contribution in [0.1, 0.15) is 6.92 Å². The van der Waals surface area contributed by atoms with Gasteiger partial charge in [-0.1, -0.05) is 12.1 Å². The Morgan fingerprint density at radius 1 is 1.00 bits per heavy atom. The molecule has 0 saturated heterocycles. The number of hydrogen-bond acceptors (Lipinski definition) is 5. The number of aliphatic hydroxyl groups is 3. The average molecular weight is 454 g/mol. The summed E-state index contributed by atoms with van der Waals surface area (Å²) in [6, 6.07) is 13.3. The summed E-state index contributed by atoms with van der Waals surface area (Å²) in [7, 11) is 0. The summed E-state index contributed by atoms with van der Waals surface area (Å²) in [5.74, 6) is 0. The maximum atomic E-state index is 13.0. The van der Waals surface area contributed by atoms with Gasteiger partial charge in [0.05, 0.1) is 13.2 Å². The van der Waals surface area contributed by atoms with E-state index in [9.17, 15) is 20.1 Å². The molecule has 27 heavy (non-hydrogen) atoms. The van der Waals surface area contributed by atoms with E-state index >= 15 is 0 Å². The number of fused-ring (bicyclic) bond motifs is 2. The molecule has 0 saturated carbocycles. The zero-order valence-electron chi connectivity index (χ0n) is 15.1. The zero-order valence-corrected chi connectivity index (χ0v) is 17.5. The van der Waals surface area contributed by atoms with E-state index in [4.69, 9.17) is 0 Å². The highest BCUT2D eigenvalue weighted by molar-refractivity contribution is 7.24. The van der Waals surface area contributed by atoms with Crippen LogP contribution in [0.2, 0.25) is 0 Å². The Morgan fingerprint density at radius 2 is 1.63 bits per heavy atom. The van der Waals surface area contributed by atoms with E-state index in [1.54, 1.807) is 18.3 Å². The molecule has 0 aliphatic rings. The Kier molecular flexibility index (Phi) is 7.50. The van der Waals surface area contributed by atoms with Crippen molar-refractivity contribution in [1.29, 1.82) is 0 Å². The molecule has 7 heteroatoms. The number of nitrogens with zero attached hydrogens (tertiary/aromatic N) is 1. The fourth-order valence-corrected chi connectivity index (χ4v) is 4.68. The van der Waals surface area contributed by atoms with E-state index in [1.165, 1.54) is 0 Å². The molecule has 1 aromatic heterocycles. The molecular formula is C20H24BrNO4S. The van der Waals surface area contributed by atoms with Gasteiger partial charge in [0, 0.05) is 32.3 Å². The molecule has 5 nitrogen and oxygen atoms in total. The van der Waals surface area contributed by atoms with Gasteiger partial charge < -0.3 is 32.3 Å². The number of hydrogen-bond donors (Lipinski definition) is 3. The van der Waals surface area contributed by atoms with E-state index < -0.39 is 6.10 Å². The van der Waals surface area contributed by atoms with Gasteiger partial charge in [0.15, 0.2) is 5.43 Å². The summed E-state index contributed by atoms with van der Waals surface area (Å²) in [5, 5.41) is 30.4. The average Bonchev–Trinajstić information content (AvgIpc) is 2.61. The van der Waals surface area contributed by atoms with Crippen LogP contribution in [0.15, 0.2) is 47.3 Å². The first kappa shape index (κ1) is 21.9. The van der Waals surface area contributed by atoms with E-state index in [0.717, 1.165) is 15.1 Å². The van der Waals surface area contributed by atoms with Crippen LogP contribution in [0, 0.1) is 0 Å². The largest absolute Gasteiger partial charge is 1.00 e. The van der Waals surface area contributed by atoms with Crippen molar-refractivity contribution < 1.29 is 32.3 Å². The summed E-state index contributed by atoms with van der Waals surface area (Å²) in [6.45, 7) is 2.63. The maximum absolute atomic E-state index is 13.0. The van der Waals surface area contributed by atoms with Crippen LogP contribution in [-0.2, 0) is 0 Å². The fraction of sp³-hybridized carbons (Fsp3) is 0.350. The van der Waals surface area contributed by atoms with E-state index in [0.29, 0.717) is 30.4 Å². The molecule has 0 aliphatic heterocycles. The van der Waals surface area contributed by atoms with Gasteiger partial charge in [-0.05, 0) is 25.1 Å². The standard InChI is InChI=1S/C20H24NO4S.BrH/c1-14(24)13-21(8-10-22,9-11-23)15-6-7-19-17(12-15)20(25)16-4-2-3-5-18(16)26-19;/h2-7,12,14,22-24H,8-11,13H2,1H3;1H/q+1;/p-1. The second-order valence-electron chi connectivity index (χ2n) is 6.68. The summed E-state index contributed by atoms with van der Waals surface area (Å²) in [6.07, 6.45) is -0.602. The highest BCUT2D eigenvalue weighted by Gasteiger charge is 2.31. The summed E-state index contributed by atoms with van der Waals surface area (Å²) in [4.78, 5) is 13.0. The molecule has 0 bridgehead atoms. The number of halogens is 1. The van der Waals surface area contributed by atoms with Crippen LogP contribution in [0.4, 0.5) is 5.69 Å². The van der Waals surface area contributed by atoms with Gasteiger partial charge in [0.2, 0.25) is 0 Å². The van der Waals surface area contributed by atoms with Crippen molar-refractivity contribution in [2.24, 2.45) is 0 Å². The maximum Gasteiger partial charge on any atom is 0.196 e. The van der Waals surface area contributed by atoms with E-state index in [-0.39, 0.29) is 40.1 Å². The topological polar surface area (TPSA) is 77.8 Å². The molecule has 0 amide bonds. The van der Waals surface area contributed by atoms with Crippen LogP contribution < -0.4 is 26.9 Å². The second kappa shape index (κ2) is 9.23. The SMILES string of the molecule is CC(O)C[N+](CCO)(CCO)c1ccc2sc3ccccc3c(=O)c2c1.[Br-]. The molecule has 0 spiro atoms. The predicted octanol–water partition coefficient (Wildman–Crippen LogP) is -0.909. The Labute approximate surface area is 172 Å². The minimum Gasteiger partial charge on any atom is -1.00 e. The quantitative estimate of drug-likeness (QED) is 0.319. The van der Waals surface area contributed by atoms with E-state index in [1.807, 2.05) is 42.5 Å². The third kappa shape index (κ3) is 4.39. The number of rotatable bonds is 7. The molecule has 3 N–H and O–H groups in total. The molecule has 1 unspecified atom stereocenters. The molecular weight excluding hydrogens is 430 g/mol. The molecule has 0 fully saturated rings. The number of benzene rings is 2. The van der Waals surface area contributed by atoms with Crippen LogP contribution in [0.5, 0.6) is 0 Å². The summed E-state index contributed by atoms with van der Waals surface area (Å²) >= 11 is 1.57.